The maximum absolute atomic E-state index is 10.9. The van der Waals surface area contributed by atoms with Gasteiger partial charge in [0.2, 0.25) is 5.76 Å². The lowest BCUT2D eigenvalue weighted by Gasteiger charge is -2.08. The zero-order chi connectivity index (χ0) is 13.1. The van der Waals surface area contributed by atoms with Gasteiger partial charge in [-0.2, -0.15) is 0 Å². The molecule has 18 heavy (non-hydrogen) atoms. The molecule has 5 heteroatoms. The Morgan fingerprint density at radius 1 is 1.44 bits per heavy atom. The van der Waals surface area contributed by atoms with Crippen molar-refractivity contribution >= 4 is 21.9 Å². The van der Waals surface area contributed by atoms with Crippen LogP contribution in [0.5, 0.6) is 5.75 Å². The van der Waals surface area contributed by atoms with Crippen LogP contribution in [0.25, 0.3) is 0 Å². The number of furan rings is 1. The Hall–Kier alpha value is -1.75. The summed E-state index contributed by atoms with van der Waals surface area (Å²) < 4.78 is 11.4. The molecule has 0 saturated heterocycles. The lowest BCUT2D eigenvalue weighted by molar-refractivity contribution is 0.0658. The van der Waals surface area contributed by atoms with Crippen molar-refractivity contribution in [1.29, 1.82) is 0 Å². The molecule has 94 valence electrons. The van der Waals surface area contributed by atoms with Crippen LogP contribution in [-0.4, -0.2) is 11.1 Å². The van der Waals surface area contributed by atoms with Crippen molar-refractivity contribution < 1.29 is 19.1 Å². The minimum Gasteiger partial charge on any atom is -0.488 e. The number of halogens is 1. The number of carboxylic acid groups (broad SMARTS) is 1. The molecule has 0 atom stereocenters. The van der Waals surface area contributed by atoms with E-state index in [-0.39, 0.29) is 12.4 Å². The first-order valence-electron chi connectivity index (χ1n) is 5.26. The van der Waals surface area contributed by atoms with Crippen molar-refractivity contribution in [2.45, 2.75) is 13.5 Å². The Morgan fingerprint density at radius 3 is 2.94 bits per heavy atom. The van der Waals surface area contributed by atoms with E-state index in [1.165, 1.54) is 6.26 Å². The number of aryl methyl sites for hydroxylation is 1. The summed E-state index contributed by atoms with van der Waals surface area (Å²) in [5.74, 6) is -0.464. The standard InChI is InChI=1S/C13H11BrO4/c1-8-2-3-10(14)6-11(8)18-7-9-4-5-17-12(9)13(15)16/h2-6H,7H2,1H3,(H,15,16). The molecular formula is C13H11BrO4. The van der Waals surface area contributed by atoms with Crippen molar-refractivity contribution in [2.24, 2.45) is 0 Å². The fourth-order valence-electron chi connectivity index (χ4n) is 1.52. The fourth-order valence-corrected chi connectivity index (χ4v) is 1.86. The molecule has 0 aliphatic heterocycles. The van der Waals surface area contributed by atoms with Crippen LogP contribution in [0.1, 0.15) is 21.7 Å². The molecule has 2 rings (SSSR count). The van der Waals surface area contributed by atoms with E-state index in [0.29, 0.717) is 11.3 Å². The summed E-state index contributed by atoms with van der Waals surface area (Å²) in [6, 6.07) is 7.28. The van der Waals surface area contributed by atoms with Crippen LogP contribution >= 0.6 is 15.9 Å². The lowest BCUT2D eigenvalue weighted by Crippen LogP contribution is -2.03. The van der Waals surface area contributed by atoms with Gasteiger partial charge in [-0.1, -0.05) is 22.0 Å². The highest BCUT2D eigenvalue weighted by molar-refractivity contribution is 9.10. The number of rotatable bonds is 4. The third-order valence-electron chi connectivity index (χ3n) is 2.47. The fraction of sp³-hybridized carbons (Fsp3) is 0.154. The Balaban J connectivity index is 2.14. The van der Waals surface area contributed by atoms with Gasteiger partial charge < -0.3 is 14.3 Å². The van der Waals surface area contributed by atoms with Gasteiger partial charge in [0.05, 0.1) is 6.26 Å². The van der Waals surface area contributed by atoms with Crippen LogP contribution in [0.15, 0.2) is 39.4 Å². The maximum Gasteiger partial charge on any atom is 0.372 e. The Labute approximate surface area is 112 Å². The van der Waals surface area contributed by atoms with Gasteiger partial charge in [0.1, 0.15) is 12.4 Å². The number of carbonyl (C=O) groups is 1. The van der Waals surface area contributed by atoms with Crippen LogP contribution in [-0.2, 0) is 6.61 Å². The van der Waals surface area contributed by atoms with E-state index in [2.05, 4.69) is 15.9 Å². The summed E-state index contributed by atoms with van der Waals surface area (Å²) in [5, 5.41) is 8.89. The van der Waals surface area contributed by atoms with Crippen LogP contribution in [0.4, 0.5) is 0 Å². The number of carboxylic acids is 1. The van der Waals surface area contributed by atoms with E-state index >= 15 is 0 Å². The molecule has 0 amide bonds. The van der Waals surface area contributed by atoms with E-state index in [0.717, 1.165) is 10.0 Å². The van der Waals surface area contributed by atoms with Crippen molar-refractivity contribution in [1.82, 2.24) is 0 Å². The van der Waals surface area contributed by atoms with Crippen molar-refractivity contribution in [3.63, 3.8) is 0 Å². The molecule has 0 saturated carbocycles. The highest BCUT2D eigenvalue weighted by atomic mass is 79.9. The van der Waals surface area contributed by atoms with Gasteiger partial charge in [0.25, 0.3) is 0 Å². The second kappa shape index (κ2) is 5.27. The van der Waals surface area contributed by atoms with Crippen molar-refractivity contribution in [2.75, 3.05) is 0 Å². The Morgan fingerprint density at radius 2 is 2.22 bits per heavy atom. The molecule has 0 radical (unpaired) electrons. The second-order valence-electron chi connectivity index (χ2n) is 3.78. The van der Waals surface area contributed by atoms with E-state index in [1.807, 2.05) is 25.1 Å². The number of benzene rings is 1. The molecule has 0 fully saturated rings. The number of aromatic carboxylic acids is 1. The minimum absolute atomic E-state index is 0.0809. The molecule has 1 aromatic carbocycles. The van der Waals surface area contributed by atoms with Gasteiger partial charge in [-0.25, -0.2) is 4.79 Å². The Bertz CT molecular complexity index is 574. The lowest BCUT2D eigenvalue weighted by atomic mass is 10.2. The normalized spacial score (nSPS) is 10.3. The van der Waals surface area contributed by atoms with Gasteiger partial charge in [-0.15, -0.1) is 0 Å². The van der Waals surface area contributed by atoms with E-state index < -0.39 is 5.97 Å². The van der Waals surface area contributed by atoms with E-state index in [1.54, 1.807) is 6.07 Å². The molecule has 4 nitrogen and oxygen atoms in total. The average Bonchev–Trinajstić information content (AvgIpc) is 2.79. The number of hydrogen-bond acceptors (Lipinski definition) is 3. The molecular weight excluding hydrogens is 300 g/mol. The van der Waals surface area contributed by atoms with Gasteiger partial charge in [-0.05, 0) is 30.7 Å². The smallest absolute Gasteiger partial charge is 0.372 e. The zero-order valence-corrected chi connectivity index (χ0v) is 11.2. The monoisotopic (exact) mass is 310 g/mol. The van der Waals surface area contributed by atoms with Gasteiger partial charge in [0.15, 0.2) is 0 Å². The SMILES string of the molecule is Cc1ccc(Br)cc1OCc1ccoc1C(=O)O. The molecule has 0 unspecified atom stereocenters. The highest BCUT2D eigenvalue weighted by Crippen LogP contribution is 2.24. The largest absolute Gasteiger partial charge is 0.488 e. The van der Waals surface area contributed by atoms with Gasteiger partial charge in [-0.3, -0.25) is 0 Å². The summed E-state index contributed by atoms with van der Waals surface area (Å²) in [4.78, 5) is 10.9. The van der Waals surface area contributed by atoms with Gasteiger partial charge >= 0.3 is 5.97 Å². The summed E-state index contributed by atoms with van der Waals surface area (Å²) in [5.41, 5.74) is 1.50. The molecule has 0 aliphatic rings. The summed E-state index contributed by atoms with van der Waals surface area (Å²) in [7, 11) is 0. The first-order chi connectivity index (χ1) is 8.58. The molecule has 0 aliphatic carbocycles. The highest BCUT2D eigenvalue weighted by Gasteiger charge is 2.14. The Kier molecular flexibility index (Phi) is 3.72. The molecule has 2 aromatic rings. The predicted octanol–water partition coefficient (Wildman–Crippen LogP) is 3.63. The third-order valence-corrected chi connectivity index (χ3v) is 2.97. The number of ether oxygens (including phenoxy) is 1. The van der Waals surface area contributed by atoms with Crippen molar-refractivity contribution in [3.8, 4) is 5.75 Å². The van der Waals surface area contributed by atoms with E-state index in [9.17, 15) is 4.79 Å². The zero-order valence-electron chi connectivity index (χ0n) is 9.64. The van der Waals surface area contributed by atoms with Gasteiger partial charge in [0, 0.05) is 10.0 Å². The number of hydrogen-bond donors (Lipinski definition) is 1. The minimum atomic E-state index is -1.09. The first-order valence-corrected chi connectivity index (χ1v) is 6.06. The van der Waals surface area contributed by atoms with Crippen molar-refractivity contribution in [3.05, 3.63) is 51.9 Å². The maximum atomic E-state index is 10.9. The van der Waals surface area contributed by atoms with Crippen LogP contribution < -0.4 is 4.74 Å². The van der Waals surface area contributed by atoms with Crippen LogP contribution in [0.2, 0.25) is 0 Å². The quantitative estimate of drug-likeness (QED) is 0.936. The molecule has 0 spiro atoms. The summed E-state index contributed by atoms with van der Waals surface area (Å²) >= 11 is 3.36. The average molecular weight is 311 g/mol. The van der Waals surface area contributed by atoms with Crippen LogP contribution in [0.3, 0.4) is 0 Å². The molecule has 0 bridgehead atoms. The van der Waals surface area contributed by atoms with E-state index in [4.69, 9.17) is 14.3 Å². The topological polar surface area (TPSA) is 59.7 Å². The molecule has 1 heterocycles. The van der Waals surface area contributed by atoms with Crippen LogP contribution in [0, 0.1) is 6.92 Å². The first kappa shape index (κ1) is 12.7. The predicted molar refractivity (Wildman–Crippen MR) is 68.9 cm³/mol. The molecule has 1 aromatic heterocycles. The summed E-state index contributed by atoms with van der Waals surface area (Å²) in [6.45, 7) is 2.09. The molecule has 1 N–H and O–H groups in total. The second-order valence-corrected chi connectivity index (χ2v) is 4.69. The summed E-state index contributed by atoms with van der Waals surface area (Å²) in [6.07, 6.45) is 1.34. The third kappa shape index (κ3) is 2.73.